The van der Waals surface area contributed by atoms with Crippen LogP contribution in [0.3, 0.4) is 0 Å². The first-order valence-electron chi connectivity index (χ1n) is 13.5. The van der Waals surface area contributed by atoms with E-state index in [4.69, 9.17) is 4.74 Å². The lowest BCUT2D eigenvalue weighted by molar-refractivity contribution is -0.213. The molecule has 4 aliphatic rings. The third-order valence-corrected chi connectivity index (χ3v) is 11.3. The average Bonchev–Trinajstić information content (AvgIpc) is 3.12. The number of hydrogen-bond acceptors (Lipinski definition) is 5. The van der Waals surface area contributed by atoms with E-state index in [9.17, 15) is 19.8 Å². The number of ether oxygens (including phenoxy) is 1. The molecule has 10 unspecified atom stereocenters. The van der Waals surface area contributed by atoms with Gasteiger partial charge in [-0.3, -0.25) is 9.59 Å². The van der Waals surface area contributed by atoms with Crippen molar-refractivity contribution in [3.63, 3.8) is 0 Å². The molecule has 0 bridgehead atoms. The number of hydrogen-bond donors (Lipinski definition) is 2. The van der Waals surface area contributed by atoms with Gasteiger partial charge in [0.25, 0.3) is 0 Å². The first-order chi connectivity index (χ1) is 15.5. The van der Waals surface area contributed by atoms with Crippen LogP contribution < -0.4 is 0 Å². The van der Waals surface area contributed by atoms with Gasteiger partial charge in [-0.05, 0) is 80.0 Å². The quantitative estimate of drug-likeness (QED) is 0.548. The van der Waals surface area contributed by atoms with Crippen molar-refractivity contribution in [1.29, 1.82) is 0 Å². The molecule has 4 saturated carbocycles. The molecule has 0 amide bonds. The first-order valence-corrected chi connectivity index (χ1v) is 13.5. The Morgan fingerprint density at radius 3 is 2.52 bits per heavy atom. The minimum absolute atomic E-state index is 0.0115. The fourth-order valence-electron chi connectivity index (χ4n) is 9.26. The number of ketones is 1. The van der Waals surface area contributed by atoms with Crippen LogP contribution in [0.4, 0.5) is 0 Å². The summed E-state index contributed by atoms with van der Waals surface area (Å²) in [4.78, 5) is 25.1. The normalized spacial score (nSPS) is 46.6. The van der Waals surface area contributed by atoms with Crippen molar-refractivity contribution in [2.24, 2.45) is 46.3 Å². The summed E-state index contributed by atoms with van der Waals surface area (Å²) in [6.45, 7) is 8.98. The zero-order valence-corrected chi connectivity index (χ0v) is 21.4. The van der Waals surface area contributed by atoms with Crippen LogP contribution in [0.1, 0.15) is 98.3 Å². The van der Waals surface area contributed by atoms with Crippen molar-refractivity contribution >= 4 is 11.8 Å². The summed E-state index contributed by atoms with van der Waals surface area (Å²) in [5, 5.41) is 21.8. The number of rotatable bonds is 6. The van der Waals surface area contributed by atoms with Gasteiger partial charge in [0.15, 0.2) is 5.78 Å². The van der Waals surface area contributed by atoms with Crippen LogP contribution in [0.5, 0.6) is 0 Å². The highest BCUT2D eigenvalue weighted by atomic mass is 16.5. The molecule has 10 atom stereocenters. The lowest BCUT2D eigenvalue weighted by Gasteiger charge is -2.63. The maximum atomic E-state index is 13.4. The average molecular weight is 463 g/mol. The third kappa shape index (κ3) is 3.90. The fraction of sp³-hybridized carbons (Fsp3) is 0.929. The van der Waals surface area contributed by atoms with E-state index in [1.54, 1.807) is 0 Å². The number of fused-ring (bicyclic) bond motifs is 5. The molecule has 5 nitrogen and oxygen atoms in total. The zero-order valence-electron chi connectivity index (χ0n) is 21.4. The molecule has 2 N–H and O–H groups in total. The van der Waals surface area contributed by atoms with E-state index in [-0.39, 0.29) is 29.5 Å². The van der Waals surface area contributed by atoms with Crippen molar-refractivity contribution in [2.75, 3.05) is 7.11 Å². The summed E-state index contributed by atoms with van der Waals surface area (Å²) >= 11 is 0. The molecule has 0 aromatic carbocycles. The van der Waals surface area contributed by atoms with E-state index in [2.05, 4.69) is 20.8 Å². The standard InChI is InChI=1S/C28H46O5/c1-17(7-6-8-18(2)25(31)33-5)21-9-10-22-20-15-24(30)28(32)16-19(29)11-14-27(28,4)23(20)12-13-26(21,22)3/h17-23,29,32H,6-16H2,1-5H3. The molecule has 188 valence electrons. The van der Waals surface area contributed by atoms with E-state index in [1.807, 2.05) is 6.92 Å². The summed E-state index contributed by atoms with van der Waals surface area (Å²) in [5.74, 6) is 2.41. The summed E-state index contributed by atoms with van der Waals surface area (Å²) in [6, 6.07) is 0. The lowest BCUT2D eigenvalue weighted by Crippen LogP contribution is -2.67. The molecule has 33 heavy (non-hydrogen) atoms. The molecule has 0 aromatic heterocycles. The number of carbonyl (C=O) groups is 2. The smallest absolute Gasteiger partial charge is 0.308 e. The highest BCUT2D eigenvalue weighted by Gasteiger charge is 2.67. The number of carbonyl (C=O) groups excluding carboxylic acids is 2. The van der Waals surface area contributed by atoms with Gasteiger partial charge >= 0.3 is 5.97 Å². The molecule has 5 heteroatoms. The summed E-state index contributed by atoms with van der Waals surface area (Å²) in [6.07, 6.45) is 9.34. The molecule has 4 rings (SSSR count). The molecule has 0 saturated heterocycles. The number of Topliss-reactive ketones (excluding diaryl/α,β-unsaturated/α-hetero) is 1. The summed E-state index contributed by atoms with van der Waals surface area (Å²) in [7, 11) is 1.46. The van der Waals surface area contributed by atoms with Gasteiger partial charge in [-0.1, -0.05) is 40.5 Å². The van der Waals surface area contributed by atoms with Crippen molar-refractivity contribution < 1.29 is 24.5 Å². The lowest BCUT2D eigenvalue weighted by atomic mass is 9.42. The number of aliphatic hydroxyl groups is 2. The van der Waals surface area contributed by atoms with Crippen molar-refractivity contribution in [3.05, 3.63) is 0 Å². The molecule has 0 heterocycles. The van der Waals surface area contributed by atoms with Crippen molar-refractivity contribution in [3.8, 4) is 0 Å². The Hall–Kier alpha value is -0.940. The maximum Gasteiger partial charge on any atom is 0.308 e. The topological polar surface area (TPSA) is 83.8 Å². The largest absolute Gasteiger partial charge is 0.469 e. The molecular weight excluding hydrogens is 416 g/mol. The Morgan fingerprint density at radius 2 is 1.82 bits per heavy atom. The second-order valence-corrected chi connectivity index (χ2v) is 12.7. The summed E-state index contributed by atoms with van der Waals surface area (Å²) in [5.41, 5.74) is -1.49. The first kappa shape index (κ1) is 25.2. The predicted octanol–water partition coefficient (Wildman–Crippen LogP) is 4.92. The van der Waals surface area contributed by atoms with Gasteiger partial charge in [0.05, 0.1) is 19.1 Å². The summed E-state index contributed by atoms with van der Waals surface area (Å²) < 4.78 is 4.88. The van der Waals surface area contributed by atoms with Crippen molar-refractivity contribution in [2.45, 2.75) is 110 Å². The molecule has 0 radical (unpaired) electrons. The van der Waals surface area contributed by atoms with Gasteiger partial charge in [-0.15, -0.1) is 0 Å². The molecule has 0 aliphatic heterocycles. The van der Waals surface area contributed by atoms with Gasteiger partial charge in [0.1, 0.15) is 5.60 Å². The molecule has 0 spiro atoms. The zero-order chi connectivity index (χ0) is 24.2. The molecule has 4 fully saturated rings. The second-order valence-electron chi connectivity index (χ2n) is 12.7. The number of aliphatic hydroxyl groups excluding tert-OH is 1. The van der Waals surface area contributed by atoms with Crippen LogP contribution in [0, 0.1) is 46.3 Å². The van der Waals surface area contributed by atoms with Gasteiger partial charge in [0.2, 0.25) is 0 Å². The Bertz CT molecular complexity index is 765. The van der Waals surface area contributed by atoms with Crippen molar-refractivity contribution in [1.82, 2.24) is 0 Å². The second kappa shape index (κ2) is 8.93. The Morgan fingerprint density at radius 1 is 1.09 bits per heavy atom. The van der Waals surface area contributed by atoms with Crippen LogP contribution in [0.2, 0.25) is 0 Å². The van der Waals surface area contributed by atoms with Crippen LogP contribution in [-0.2, 0) is 14.3 Å². The third-order valence-electron chi connectivity index (χ3n) is 11.3. The molecule has 4 aliphatic carbocycles. The van der Waals surface area contributed by atoms with Crippen LogP contribution in [0.25, 0.3) is 0 Å². The van der Waals surface area contributed by atoms with Crippen LogP contribution >= 0.6 is 0 Å². The van der Waals surface area contributed by atoms with Crippen LogP contribution in [-0.4, -0.2) is 40.8 Å². The van der Waals surface area contributed by atoms with E-state index in [1.165, 1.54) is 26.4 Å². The van der Waals surface area contributed by atoms with E-state index < -0.39 is 17.1 Å². The SMILES string of the molecule is COC(=O)C(C)CCCC(C)C1CCC2C3CC(=O)C4(O)CC(O)CCC4(C)C3CCC12C. The minimum atomic E-state index is -1.35. The van der Waals surface area contributed by atoms with E-state index >= 15 is 0 Å². The minimum Gasteiger partial charge on any atom is -0.469 e. The number of methoxy groups -OCH3 is 1. The highest BCUT2D eigenvalue weighted by molar-refractivity contribution is 5.89. The Balaban J connectivity index is 1.46. The van der Waals surface area contributed by atoms with Gasteiger partial charge in [-0.2, -0.15) is 0 Å². The molecular formula is C28H46O5. The Kier molecular flexibility index (Phi) is 6.81. The monoisotopic (exact) mass is 462 g/mol. The van der Waals surface area contributed by atoms with Gasteiger partial charge in [-0.25, -0.2) is 0 Å². The van der Waals surface area contributed by atoms with Crippen LogP contribution in [0.15, 0.2) is 0 Å². The van der Waals surface area contributed by atoms with Gasteiger partial charge in [0, 0.05) is 18.3 Å². The predicted molar refractivity (Wildman–Crippen MR) is 127 cm³/mol. The Labute approximate surface area is 200 Å². The fourth-order valence-corrected chi connectivity index (χ4v) is 9.26. The number of esters is 1. The van der Waals surface area contributed by atoms with E-state index in [0.29, 0.717) is 42.4 Å². The van der Waals surface area contributed by atoms with E-state index in [0.717, 1.165) is 32.1 Å². The highest BCUT2D eigenvalue weighted by Crippen LogP contribution is 2.68. The van der Waals surface area contributed by atoms with Gasteiger partial charge < -0.3 is 14.9 Å². The maximum absolute atomic E-state index is 13.4. The molecule has 0 aromatic rings.